The number of hydrogen-bond acceptors (Lipinski definition) is 4. The summed E-state index contributed by atoms with van der Waals surface area (Å²) >= 11 is 0. The summed E-state index contributed by atoms with van der Waals surface area (Å²) in [5.74, 6) is -0.910. The zero-order valence-corrected chi connectivity index (χ0v) is 10.4. The predicted octanol–water partition coefficient (Wildman–Crippen LogP) is 1.68. The van der Waals surface area contributed by atoms with E-state index < -0.39 is 12.0 Å². The third-order valence-electron chi connectivity index (χ3n) is 2.38. The van der Waals surface area contributed by atoms with E-state index in [1.165, 1.54) is 0 Å². The summed E-state index contributed by atoms with van der Waals surface area (Å²) in [5, 5.41) is 9.32. The van der Waals surface area contributed by atoms with Crippen LogP contribution in [0.3, 0.4) is 0 Å². The van der Waals surface area contributed by atoms with Crippen molar-refractivity contribution in [3.63, 3.8) is 0 Å². The maximum atomic E-state index is 10.0. The second kappa shape index (κ2) is 6.66. The number of nitrogens with two attached hydrogens (primary N) is 1. The van der Waals surface area contributed by atoms with Crippen LogP contribution in [0.1, 0.15) is 13.8 Å². The SMILES string of the molecule is CC(C)[C@H](N)C(=O)O.c1cnc2ncccc2c1. The molecule has 1 atom stereocenters. The molecule has 18 heavy (non-hydrogen) atoms. The fourth-order valence-corrected chi connectivity index (χ4v) is 1.19. The molecule has 0 saturated carbocycles. The molecule has 3 N–H and O–H groups in total. The molecule has 2 heterocycles. The summed E-state index contributed by atoms with van der Waals surface area (Å²) in [5.41, 5.74) is 5.97. The highest BCUT2D eigenvalue weighted by atomic mass is 16.4. The van der Waals surface area contributed by atoms with E-state index in [0.29, 0.717) is 0 Å². The number of carboxylic acids is 1. The van der Waals surface area contributed by atoms with Gasteiger partial charge in [-0.3, -0.25) is 4.79 Å². The third kappa shape index (κ3) is 4.10. The van der Waals surface area contributed by atoms with Gasteiger partial charge >= 0.3 is 5.97 Å². The van der Waals surface area contributed by atoms with Crippen LogP contribution < -0.4 is 5.73 Å². The van der Waals surface area contributed by atoms with Crippen LogP contribution in [0.2, 0.25) is 0 Å². The van der Waals surface area contributed by atoms with Crippen molar-refractivity contribution in [2.75, 3.05) is 0 Å². The van der Waals surface area contributed by atoms with Crippen molar-refractivity contribution in [1.29, 1.82) is 0 Å². The van der Waals surface area contributed by atoms with E-state index >= 15 is 0 Å². The lowest BCUT2D eigenvalue weighted by atomic mass is 10.1. The fourth-order valence-electron chi connectivity index (χ4n) is 1.19. The van der Waals surface area contributed by atoms with E-state index in [2.05, 4.69) is 9.97 Å². The van der Waals surface area contributed by atoms with Crippen LogP contribution in [0.4, 0.5) is 0 Å². The quantitative estimate of drug-likeness (QED) is 0.842. The lowest BCUT2D eigenvalue weighted by Gasteiger charge is -2.07. The Balaban J connectivity index is 0.000000187. The lowest BCUT2D eigenvalue weighted by molar-refractivity contribution is -0.139. The van der Waals surface area contributed by atoms with Crippen LogP contribution in [0.25, 0.3) is 11.0 Å². The molecular formula is C13H17N3O2. The minimum absolute atomic E-state index is 0.0208. The molecule has 0 aliphatic heterocycles. The molecule has 5 heteroatoms. The molecule has 0 saturated heterocycles. The zero-order chi connectivity index (χ0) is 13.5. The van der Waals surface area contributed by atoms with Gasteiger partial charge in [-0.15, -0.1) is 0 Å². The summed E-state index contributed by atoms with van der Waals surface area (Å²) in [6.45, 7) is 3.55. The molecule has 2 aromatic heterocycles. The molecule has 5 nitrogen and oxygen atoms in total. The summed E-state index contributed by atoms with van der Waals surface area (Å²) in [7, 11) is 0. The number of hydrogen-bond donors (Lipinski definition) is 2. The minimum Gasteiger partial charge on any atom is -0.480 e. The fraction of sp³-hybridized carbons (Fsp3) is 0.308. The van der Waals surface area contributed by atoms with E-state index in [4.69, 9.17) is 10.8 Å². The summed E-state index contributed by atoms with van der Waals surface area (Å²) < 4.78 is 0. The molecule has 0 fully saturated rings. The van der Waals surface area contributed by atoms with E-state index in [-0.39, 0.29) is 5.92 Å². The first-order valence-electron chi connectivity index (χ1n) is 5.66. The van der Waals surface area contributed by atoms with Crippen molar-refractivity contribution in [1.82, 2.24) is 9.97 Å². The van der Waals surface area contributed by atoms with Crippen molar-refractivity contribution in [3.05, 3.63) is 36.7 Å². The van der Waals surface area contributed by atoms with Crippen LogP contribution in [0.5, 0.6) is 0 Å². The van der Waals surface area contributed by atoms with Gasteiger partial charge in [0, 0.05) is 17.8 Å². The smallest absolute Gasteiger partial charge is 0.320 e. The number of aromatic nitrogens is 2. The first-order valence-corrected chi connectivity index (χ1v) is 5.66. The molecule has 2 aromatic rings. The Bertz CT molecular complexity index is 449. The number of rotatable bonds is 2. The molecule has 0 aromatic carbocycles. The number of carboxylic acid groups (broad SMARTS) is 1. The number of pyridine rings is 2. The van der Waals surface area contributed by atoms with E-state index in [1.54, 1.807) is 26.2 Å². The monoisotopic (exact) mass is 247 g/mol. The van der Waals surface area contributed by atoms with Gasteiger partial charge in [-0.05, 0) is 30.2 Å². The van der Waals surface area contributed by atoms with Gasteiger partial charge in [0.05, 0.1) is 0 Å². The van der Waals surface area contributed by atoms with Crippen molar-refractivity contribution in [3.8, 4) is 0 Å². The molecule has 0 bridgehead atoms. The van der Waals surface area contributed by atoms with Crippen LogP contribution in [0, 0.1) is 5.92 Å². The largest absolute Gasteiger partial charge is 0.480 e. The highest BCUT2D eigenvalue weighted by Crippen LogP contribution is 2.04. The van der Waals surface area contributed by atoms with Crippen LogP contribution in [-0.2, 0) is 4.79 Å². The normalized spacial score (nSPS) is 11.8. The molecule has 0 spiro atoms. The first kappa shape index (κ1) is 14.1. The van der Waals surface area contributed by atoms with E-state index in [1.807, 2.05) is 24.3 Å². The van der Waals surface area contributed by atoms with Gasteiger partial charge in [-0.2, -0.15) is 0 Å². The summed E-state index contributed by atoms with van der Waals surface area (Å²) in [4.78, 5) is 18.2. The first-order chi connectivity index (χ1) is 8.52. The topological polar surface area (TPSA) is 89.1 Å². The summed E-state index contributed by atoms with van der Waals surface area (Å²) in [6, 6.07) is 7.09. The number of carbonyl (C=O) groups is 1. The molecule has 0 unspecified atom stereocenters. The predicted molar refractivity (Wildman–Crippen MR) is 70.0 cm³/mol. The maximum absolute atomic E-state index is 10.0. The second-order valence-electron chi connectivity index (χ2n) is 4.16. The Kier molecular flexibility index (Phi) is 5.20. The Labute approximate surface area is 106 Å². The summed E-state index contributed by atoms with van der Waals surface area (Å²) in [6.07, 6.45) is 3.49. The van der Waals surface area contributed by atoms with Gasteiger partial charge in [-0.1, -0.05) is 13.8 Å². The molecule has 0 radical (unpaired) electrons. The molecule has 2 rings (SSSR count). The number of nitrogens with zero attached hydrogens (tertiary/aromatic N) is 2. The van der Waals surface area contributed by atoms with Crippen LogP contribution in [0.15, 0.2) is 36.7 Å². The van der Waals surface area contributed by atoms with Gasteiger partial charge in [0.15, 0.2) is 5.65 Å². The van der Waals surface area contributed by atoms with Gasteiger partial charge in [0.1, 0.15) is 6.04 Å². The van der Waals surface area contributed by atoms with E-state index in [0.717, 1.165) is 11.0 Å². The molecule has 0 amide bonds. The molecule has 0 aliphatic rings. The maximum Gasteiger partial charge on any atom is 0.320 e. The van der Waals surface area contributed by atoms with Crippen LogP contribution >= 0.6 is 0 Å². The molecular weight excluding hydrogens is 230 g/mol. The number of fused-ring (bicyclic) bond motifs is 1. The highest BCUT2D eigenvalue weighted by molar-refractivity contribution is 5.73. The van der Waals surface area contributed by atoms with E-state index in [9.17, 15) is 4.79 Å². The number of aliphatic carboxylic acids is 1. The zero-order valence-electron chi connectivity index (χ0n) is 10.4. The average Bonchev–Trinajstić information content (AvgIpc) is 2.38. The Morgan fingerprint density at radius 3 is 2.00 bits per heavy atom. The van der Waals surface area contributed by atoms with Gasteiger partial charge in [0.2, 0.25) is 0 Å². The van der Waals surface area contributed by atoms with Gasteiger partial charge in [0.25, 0.3) is 0 Å². The average molecular weight is 247 g/mol. The highest BCUT2D eigenvalue weighted by Gasteiger charge is 2.14. The second-order valence-corrected chi connectivity index (χ2v) is 4.16. The third-order valence-corrected chi connectivity index (χ3v) is 2.38. The van der Waals surface area contributed by atoms with Crippen molar-refractivity contribution in [2.24, 2.45) is 11.7 Å². The molecule has 0 aliphatic carbocycles. The Morgan fingerprint density at radius 1 is 1.22 bits per heavy atom. The Hall–Kier alpha value is -2.01. The van der Waals surface area contributed by atoms with Crippen molar-refractivity contribution >= 4 is 17.0 Å². The van der Waals surface area contributed by atoms with Crippen molar-refractivity contribution < 1.29 is 9.90 Å². The van der Waals surface area contributed by atoms with Gasteiger partial charge in [-0.25, -0.2) is 9.97 Å². The lowest BCUT2D eigenvalue weighted by Crippen LogP contribution is -2.34. The van der Waals surface area contributed by atoms with Crippen LogP contribution in [-0.4, -0.2) is 27.1 Å². The van der Waals surface area contributed by atoms with Crippen molar-refractivity contribution in [2.45, 2.75) is 19.9 Å². The molecule has 96 valence electrons. The Morgan fingerprint density at radius 2 is 1.72 bits per heavy atom. The standard InChI is InChI=1S/C8H6N2.C5H11NO2/c1-3-7-4-2-6-10-8(7)9-5-1;1-3(2)4(6)5(7)8/h1-6H;3-4H,6H2,1-2H3,(H,7,8)/t;4-/m.0/s1. The minimum atomic E-state index is -0.931. The van der Waals surface area contributed by atoms with Gasteiger partial charge < -0.3 is 10.8 Å².